The van der Waals surface area contributed by atoms with Crippen LogP contribution in [0.4, 0.5) is 5.69 Å². The fraction of sp³-hybridized carbons (Fsp3) is 0.407. The van der Waals surface area contributed by atoms with Crippen LogP contribution < -0.4 is 14.8 Å². The van der Waals surface area contributed by atoms with E-state index in [-0.39, 0.29) is 23.4 Å². The molecule has 0 spiro atoms. The highest BCUT2D eigenvalue weighted by molar-refractivity contribution is 7.89. The maximum absolute atomic E-state index is 13.2. The van der Waals surface area contributed by atoms with Crippen LogP contribution in [0, 0.1) is 30.9 Å². The van der Waals surface area contributed by atoms with Crippen molar-refractivity contribution in [2.24, 2.45) is 0 Å². The molecule has 1 aliphatic heterocycles. The van der Waals surface area contributed by atoms with Crippen LogP contribution >= 0.6 is 0 Å². The third-order valence-electron chi connectivity index (χ3n) is 6.63. The molecule has 1 unspecified atom stereocenters. The number of nitrogens with one attached hydrogen (secondary N) is 2. The summed E-state index contributed by atoms with van der Waals surface area (Å²) in [5.74, 6) is -0.481. The molecule has 0 bridgehead atoms. The number of nitro benzene ring substituents is 1. The van der Waals surface area contributed by atoms with E-state index in [9.17, 15) is 23.3 Å². The second kappa shape index (κ2) is 11.7. The molecule has 40 heavy (non-hydrogen) atoms. The van der Waals surface area contributed by atoms with Crippen molar-refractivity contribution in [3.05, 3.63) is 68.9 Å². The third kappa shape index (κ3) is 6.16. The number of ether oxygens (including phenoxy) is 2. The molecule has 2 N–H and O–H groups in total. The average Bonchev–Trinajstić information content (AvgIpc) is 3.52. The Bertz CT molecular complexity index is 1540. The molecule has 1 fully saturated rings. The van der Waals surface area contributed by atoms with Crippen LogP contribution in [0.25, 0.3) is 5.69 Å². The zero-order valence-electron chi connectivity index (χ0n) is 23.1. The number of nitro groups is 1. The number of aromatic nitrogens is 2. The fourth-order valence-electron chi connectivity index (χ4n) is 4.42. The van der Waals surface area contributed by atoms with Gasteiger partial charge in [-0.3, -0.25) is 14.9 Å². The molecule has 0 aliphatic carbocycles. The van der Waals surface area contributed by atoms with Gasteiger partial charge < -0.3 is 14.8 Å². The number of carbonyl (C=O) groups excluding carboxylic acids is 1. The Morgan fingerprint density at radius 3 is 2.62 bits per heavy atom. The van der Waals surface area contributed by atoms with E-state index in [1.807, 2.05) is 32.0 Å². The molecule has 214 valence electrons. The number of carbonyl (C=O) groups is 1. The molecule has 0 saturated carbocycles. The molecule has 1 aliphatic rings. The van der Waals surface area contributed by atoms with Gasteiger partial charge in [0.15, 0.2) is 5.69 Å². The zero-order valence-corrected chi connectivity index (χ0v) is 23.9. The highest BCUT2D eigenvalue weighted by Gasteiger charge is 2.29. The van der Waals surface area contributed by atoms with Gasteiger partial charge in [0.2, 0.25) is 15.9 Å². The van der Waals surface area contributed by atoms with E-state index in [2.05, 4.69) is 15.1 Å². The highest BCUT2D eigenvalue weighted by Crippen LogP contribution is 2.36. The second-order valence-electron chi connectivity index (χ2n) is 10.0. The summed E-state index contributed by atoms with van der Waals surface area (Å²) >= 11 is 0. The number of aryl methyl sites for hydroxylation is 1. The highest BCUT2D eigenvalue weighted by atomic mass is 32.2. The molecule has 1 amide bonds. The summed E-state index contributed by atoms with van der Waals surface area (Å²) < 4.78 is 42.0. The van der Waals surface area contributed by atoms with Gasteiger partial charge in [-0.1, -0.05) is 12.1 Å². The number of amides is 1. The van der Waals surface area contributed by atoms with E-state index >= 15 is 0 Å². The summed E-state index contributed by atoms with van der Waals surface area (Å²) in [6.07, 6.45) is 1.72. The van der Waals surface area contributed by atoms with Crippen LogP contribution in [0.2, 0.25) is 0 Å². The Labute approximate surface area is 232 Å². The van der Waals surface area contributed by atoms with Crippen LogP contribution in [-0.4, -0.2) is 54.3 Å². The summed E-state index contributed by atoms with van der Waals surface area (Å²) in [6.45, 7) is 9.74. The number of benzene rings is 2. The van der Waals surface area contributed by atoms with Crippen LogP contribution in [0.5, 0.6) is 11.6 Å². The van der Waals surface area contributed by atoms with Crippen molar-refractivity contribution in [1.29, 1.82) is 0 Å². The Morgan fingerprint density at radius 1 is 1.23 bits per heavy atom. The fourth-order valence-corrected chi connectivity index (χ4v) is 5.82. The Morgan fingerprint density at radius 2 is 1.98 bits per heavy atom. The number of rotatable bonds is 10. The van der Waals surface area contributed by atoms with Crippen LogP contribution in [0.1, 0.15) is 53.9 Å². The second-order valence-corrected chi connectivity index (χ2v) is 11.7. The first-order valence-electron chi connectivity index (χ1n) is 12.9. The van der Waals surface area contributed by atoms with Crippen molar-refractivity contribution in [3.63, 3.8) is 0 Å². The number of hydrogen-bond acceptors (Lipinski definition) is 8. The monoisotopic (exact) mass is 571 g/mol. The van der Waals surface area contributed by atoms with E-state index in [1.165, 1.54) is 10.7 Å². The van der Waals surface area contributed by atoms with E-state index in [0.29, 0.717) is 24.4 Å². The van der Waals surface area contributed by atoms with Gasteiger partial charge in [-0.2, -0.15) is 9.78 Å². The largest absolute Gasteiger partial charge is 0.437 e. The van der Waals surface area contributed by atoms with Crippen molar-refractivity contribution in [3.8, 4) is 17.3 Å². The topological polar surface area (TPSA) is 155 Å². The lowest BCUT2D eigenvalue weighted by Gasteiger charge is -2.16. The molecule has 0 radical (unpaired) electrons. The van der Waals surface area contributed by atoms with E-state index in [4.69, 9.17) is 9.47 Å². The maximum Gasteiger partial charge on any atom is 0.272 e. The molecule has 13 heteroatoms. The van der Waals surface area contributed by atoms with Gasteiger partial charge in [-0.15, -0.1) is 0 Å². The lowest BCUT2D eigenvalue weighted by Crippen LogP contribution is -2.32. The van der Waals surface area contributed by atoms with Crippen LogP contribution in [0.15, 0.2) is 41.3 Å². The third-order valence-corrected chi connectivity index (χ3v) is 8.31. The molecule has 12 nitrogen and oxygen atoms in total. The molecule has 1 saturated heterocycles. The quantitative estimate of drug-likeness (QED) is 0.272. The Balaban J connectivity index is 1.83. The first-order valence-corrected chi connectivity index (χ1v) is 14.4. The van der Waals surface area contributed by atoms with Gasteiger partial charge >= 0.3 is 0 Å². The molecule has 4 rings (SSSR count). The number of sulfonamides is 1. The lowest BCUT2D eigenvalue weighted by molar-refractivity contribution is -0.385. The number of hydrogen-bond donors (Lipinski definition) is 2. The summed E-state index contributed by atoms with van der Waals surface area (Å²) in [5, 5.41) is 18.9. The van der Waals surface area contributed by atoms with Gasteiger partial charge in [0.1, 0.15) is 10.6 Å². The molecular formula is C27H33N5O7S. The number of non-ortho nitro benzene ring substituents is 1. The van der Waals surface area contributed by atoms with Gasteiger partial charge in [-0.25, -0.2) is 13.1 Å². The molecule has 2 aromatic carbocycles. The van der Waals surface area contributed by atoms with Crippen LogP contribution in [-0.2, 0) is 14.8 Å². The number of nitrogens with zero attached hydrogens (tertiary/aromatic N) is 3. The summed E-state index contributed by atoms with van der Waals surface area (Å²) in [6, 6.07) is 8.44. The van der Waals surface area contributed by atoms with E-state index in [0.717, 1.165) is 36.1 Å². The molecule has 3 aromatic rings. The molecule has 1 aromatic heterocycles. The minimum atomic E-state index is -4.20. The summed E-state index contributed by atoms with van der Waals surface area (Å²) in [5.41, 5.74) is 2.53. The summed E-state index contributed by atoms with van der Waals surface area (Å²) in [7, 11) is -4.20. The zero-order chi connectivity index (χ0) is 29.2. The standard InChI is InChI=1S/C27H33N5O7S/c1-16(2)30-40(36,37)24-14-20(32(34)35)11-12-23(24)39-27-19(5)25(26(33)28-15-21-9-7-13-38-21)29-31(27)22-10-6-8-17(3)18(22)4/h6,8,10-12,14,16,21,30H,7,9,13,15H2,1-5H3,(H,28,33). The minimum Gasteiger partial charge on any atom is -0.437 e. The SMILES string of the molecule is Cc1cccc(-n2nc(C(=O)NCC3CCCO3)c(C)c2Oc2ccc([N+](=O)[O-])cc2S(=O)(=O)NC(C)C)c1C. The van der Waals surface area contributed by atoms with Crippen molar-refractivity contribution in [1.82, 2.24) is 19.8 Å². The van der Waals surface area contributed by atoms with Crippen molar-refractivity contribution >= 4 is 21.6 Å². The van der Waals surface area contributed by atoms with Gasteiger partial charge in [0.25, 0.3) is 11.6 Å². The molecular weight excluding hydrogens is 538 g/mol. The summed E-state index contributed by atoms with van der Waals surface area (Å²) in [4.78, 5) is 23.6. The van der Waals surface area contributed by atoms with Crippen LogP contribution in [0.3, 0.4) is 0 Å². The van der Waals surface area contributed by atoms with Gasteiger partial charge in [-0.05, 0) is 70.7 Å². The minimum absolute atomic E-state index is 0.0672. The van der Waals surface area contributed by atoms with Crippen molar-refractivity contribution in [2.75, 3.05) is 13.2 Å². The normalized spacial score (nSPS) is 15.4. The van der Waals surface area contributed by atoms with Gasteiger partial charge in [0, 0.05) is 36.9 Å². The first-order chi connectivity index (χ1) is 18.9. The molecule has 2 heterocycles. The van der Waals surface area contributed by atoms with Gasteiger partial charge in [0.05, 0.1) is 16.7 Å². The molecule has 1 atom stereocenters. The predicted octanol–water partition coefficient (Wildman–Crippen LogP) is 4.09. The van der Waals surface area contributed by atoms with Crippen molar-refractivity contribution in [2.45, 2.75) is 64.5 Å². The Kier molecular flexibility index (Phi) is 8.57. The first kappa shape index (κ1) is 29.2. The maximum atomic E-state index is 13.2. The predicted molar refractivity (Wildman–Crippen MR) is 148 cm³/mol. The Hall–Kier alpha value is -3.81. The van der Waals surface area contributed by atoms with E-state index < -0.39 is 37.5 Å². The lowest BCUT2D eigenvalue weighted by atomic mass is 10.1. The van der Waals surface area contributed by atoms with Crippen molar-refractivity contribution < 1.29 is 27.6 Å². The smallest absolute Gasteiger partial charge is 0.272 e. The van der Waals surface area contributed by atoms with E-state index in [1.54, 1.807) is 20.8 Å². The average molecular weight is 572 g/mol.